The van der Waals surface area contributed by atoms with Gasteiger partial charge >= 0.3 is 0 Å². The highest BCUT2D eigenvalue weighted by molar-refractivity contribution is 5.92. The van der Waals surface area contributed by atoms with Crippen LogP contribution in [-0.4, -0.2) is 41.4 Å². The van der Waals surface area contributed by atoms with Crippen molar-refractivity contribution in [2.75, 3.05) is 13.1 Å². The molecule has 2 amide bonds. The van der Waals surface area contributed by atoms with Crippen LogP contribution in [0.3, 0.4) is 0 Å². The van der Waals surface area contributed by atoms with Crippen molar-refractivity contribution >= 4 is 24.2 Å². The Labute approximate surface area is 140 Å². The molecule has 0 spiro atoms. The molecule has 1 rings (SSSR count). The third-order valence-corrected chi connectivity index (χ3v) is 4.73. The molecule has 2 unspecified atom stereocenters. The number of hydrogen-bond donors (Lipinski definition) is 2. The summed E-state index contributed by atoms with van der Waals surface area (Å²) in [5.74, 6) is -0.321. The second kappa shape index (κ2) is 9.36. The first-order valence-electron chi connectivity index (χ1n) is 8.25. The lowest BCUT2D eigenvalue weighted by molar-refractivity contribution is -0.144. The van der Waals surface area contributed by atoms with Gasteiger partial charge in [0.2, 0.25) is 11.8 Å². The predicted molar refractivity (Wildman–Crippen MR) is 91.9 cm³/mol. The summed E-state index contributed by atoms with van der Waals surface area (Å²) in [5, 5.41) is 3.05. The molecule has 1 fully saturated rings. The molecule has 0 aromatic rings. The maximum atomic E-state index is 12.9. The molecule has 6 heteroatoms. The third kappa shape index (κ3) is 4.85. The number of amides is 2. The Balaban J connectivity index is 0.00000441. The lowest BCUT2D eigenvalue weighted by Crippen LogP contribution is -2.62. The van der Waals surface area contributed by atoms with E-state index < -0.39 is 5.54 Å². The van der Waals surface area contributed by atoms with Crippen molar-refractivity contribution in [3.63, 3.8) is 0 Å². The van der Waals surface area contributed by atoms with Gasteiger partial charge in [0.15, 0.2) is 0 Å². The summed E-state index contributed by atoms with van der Waals surface area (Å²) in [6.07, 6.45) is 4.57. The van der Waals surface area contributed by atoms with Gasteiger partial charge in [0.1, 0.15) is 5.54 Å². The van der Waals surface area contributed by atoms with Crippen molar-refractivity contribution in [2.45, 2.75) is 71.4 Å². The standard InChI is InChI=1S/C16H31N3O2.ClH/c1-5-19(6-2)15(21)16(10-8-7-9-11-16)18-14(20)12(3)13(4)17;/h12-13H,5-11,17H2,1-4H3,(H,18,20);1H. The van der Waals surface area contributed by atoms with Crippen molar-refractivity contribution in [3.8, 4) is 0 Å². The fourth-order valence-electron chi connectivity index (χ4n) is 2.95. The first kappa shape index (κ1) is 21.2. The topological polar surface area (TPSA) is 75.4 Å². The first-order chi connectivity index (χ1) is 9.88. The highest BCUT2D eigenvalue weighted by atomic mass is 35.5. The third-order valence-electron chi connectivity index (χ3n) is 4.73. The van der Waals surface area contributed by atoms with E-state index in [-0.39, 0.29) is 36.2 Å². The second-order valence-electron chi connectivity index (χ2n) is 6.26. The van der Waals surface area contributed by atoms with E-state index in [2.05, 4.69) is 5.32 Å². The highest BCUT2D eigenvalue weighted by Crippen LogP contribution is 2.30. The Bertz CT molecular complexity index is 364. The molecule has 130 valence electrons. The first-order valence-corrected chi connectivity index (χ1v) is 8.25. The predicted octanol–water partition coefficient (Wildman–Crippen LogP) is 2.08. The van der Waals surface area contributed by atoms with Gasteiger partial charge in [-0.05, 0) is 33.6 Å². The van der Waals surface area contributed by atoms with Gasteiger partial charge in [-0.3, -0.25) is 9.59 Å². The SMILES string of the molecule is CCN(CC)C(=O)C1(NC(=O)C(C)C(C)N)CCCCC1.Cl. The van der Waals surface area contributed by atoms with Gasteiger partial charge in [-0.25, -0.2) is 0 Å². The van der Waals surface area contributed by atoms with Crippen molar-refractivity contribution in [1.29, 1.82) is 0 Å². The van der Waals surface area contributed by atoms with E-state index in [0.29, 0.717) is 13.1 Å². The average Bonchev–Trinajstić information content (AvgIpc) is 2.48. The second-order valence-corrected chi connectivity index (χ2v) is 6.26. The molecule has 0 radical (unpaired) electrons. The number of nitrogens with zero attached hydrogens (tertiary/aromatic N) is 1. The largest absolute Gasteiger partial charge is 0.341 e. The van der Waals surface area contributed by atoms with E-state index in [0.717, 1.165) is 32.1 Å². The number of nitrogens with two attached hydrogens (primary N) is 1. The molecule has 1 aliphatic carbocycles. The zero-order valence-electron chi connectivity index (χ0n) is 14.4. The quantitative estimate of drug-likeness (QED) is 0.781. The number of carbonyl (C=O) groups excluding carboxylic acids is 2. The van der Waals surface area contributed by atoms with Crippen LogP contribution >= 0.6 is 12.4 Å². The van der Waals surface area contributed by atoms with E-state index >= 15 is 0 Å². The van der Waals surface area contributed by atoms with E-state index in [9.17, 15) is 9.59 Å². The van der Waals surface area contributed by atoms with Crippen molar-refractivity contribution < 1.29 is 9.59 Å². The molecule has 0 aromatic heterocycles. The molecule has 1 saturated carbocycles. The maximum Gasteiger partial charge on any atom is 0.248 e. The number of nitrogens with one attached hydrogen (secondary N) is 1. The maximum absolute atomic E-state index is 12.9. The van der Waals surface area contributed by atoms with E-state index in [4.69, 9.17) is 5.73 Å². The summed E-state index contributed by atoms with van der Waals surface area (Å²) in [5.41, 5.74) is 5.10. The minimum Gasteiger partial charge on any atom is -0.341 e. The summed E-state index contributed by atoms with van der Waals surface area (Å²) in [7, 11) is 0. The minimum absolute atomic E-state index is 0. The van der Waals surface area contributed by atoms with Crippen LogP contribution in [0.1, 0.15) is 59.8 Å². The molecule has 0 saturated heterocycles. The van der Waals surface area contributed by atoms with E-state index in [1.54, 1.807) is 0 Å². The number of halogens is 1. The molecule has 0 aliphatic heterocycles. The van der Waals surface area contributed by atoms with Gasteiger partial charge < -0.3 is 16.0 Å². The van der Waals surface area contributed by atoms with Gasteiger partial charge in [-0.15, -0.1) is 12.4 Å². The Morgan fingerprint density at radius 1 is 1.14 bits per heavy atom. The lowest BCUT2D eigenvalue weighted by Gasteiger charge is -2.40. The van der Waals surface area contributed by atoms with Gasteiger partial charge in [-0.2, -0.15) is 0 Å². The van der Waals surface area contributed by atoms with Crippen LogP contribution < -0.4 is 11.1 Å². The number of carbonyl (C=O) groups is 2. The monoisotopic (exact) mass is 333 g/mol. The van der Waals surface area contributed by atoms with Gasteiger partial charge in [0, 0.05) is 25.0 Å². The Kier molecular flexibility index (Phi) is 9.01. The van der Waals surface area contributed by atoms with Crippen LogP contribution in [0.5, 0.6) is 0 Å². The molecule has 0 bridgehead atoms. The molecule has 2 atom stereocenters. The van der Waals surface area contributed by atoms with Crippen molar-refractivity contribution in [3.05, 3.63) is 0 Å². The average molecular weight is 334 g/mol. The van der Waals surface area contributed by atoms with Gasteiger partial charge in [-0.1, -0.05) is 26.2 Å². The van der Waals surface area contributed by atoms with E-state index in [1.165, 1.54) is 0 Å². The van der Waals surface area contributed by atoms with Crippen LogP contribution in [0.2, 0.25) is 0 Å². The summed E-state index contributed by atoms with van der Waals surface area (Å²) in [6.45, 7) is 8.95. The molecule has 0 aromatic carbocycles. The summed E-state index contributed by atoms with van der Waals surface area (Å²) in [4.78, 5) is 27.1. The van der Waals surface area contributed by atoms with Crippen molar-refractivity contribution in [1.82, 2.24) is 10.2 Å². The van der Waals surface area contributed by atoms with E-state index in [1.807, 2.05) is 32.6 Å². The zero-order valence-corrected chi connectivity index (χ0v) is 15.2. The van der Waals surface area contributed by atoms with Crippen LogP contribution in [0.15, 0.2) is 0 Å². The molecule has 22 heavy (non-hydrogen) atoms. The normalized spacial score (nSPS) is 19.5. The van der Waals surface area contributed by atoms with Crippen LogP contribution in [-0.2, 0) is 9.59 Å². The molecular weight excluding hydrogens is 302 g/mol. The smallest absolute Gasteiger partial charge is 0.248 e. The Morgan fingerprint density at radius 3 is 2.05 bits per heavy atom. The van der Waals surface area contributed by atoms with Gasteiger partial charge in [0.05, 0.1) is 0 Å². The Morgan fingerprint density at radius 2 is 1.64 bits per heavy atom. The van der Waals surface area contributed by atoms with Crippen molar-refractivity contribution in [2.24, 2.45) is 11.7 Å². The minimum atomic E-state index is -0.718. The fraction of sp³-hybridized carbons (Fsp3) is 0.875. The summed E-state index contributed by atoms with van der Waals surface area (Å²) < 4.78 is 0. The zero-order chi connectivity index (χ0) is 16.0. The van der Waals surface area contributed by atoms with Crippen LogP contribution in [0.25, 0.3) is 0 Å². The molecular formula is C16H32ClN3O2. The Hall–Kier alpha value is -0.810. The van der Waals surface area contributed by atoms with Crippen LogP contribution in [0.4, 0.5) is 0 Å². The van der Waals surface area contributed by atoms with Gasteiger partial charge in [0.25, 0.3) is 0 Å². The molecule has 0 heterocycles. The number of rotatable bonds is 6. The molecule has 5 nitrogen and oxygen atoms in total. The highest BCUT2D eigenvalue weighted by Gasteiger charge is 2.43. The molecule has 1 aliphatic rings. The summed E-state index contributed by atoms with van der Waals surface area (Å²) >= 11 is 0. The summed E-state index contributed by atoms with van der Waals surface area (Å²) in [6, 6.07) is -0.214. The lowest BCUT2D eigenvalue weighted by atomic mass is 9.79. The molecule has 3 N–H and O–H groups in total. The number of hydrogen-bond acceptors (Lipinski definition) is 3. The number of likely N-dealkylation sites (N-methyl/N-ethyl adjacent to an activating group) is 1. The fourth-order valence-corrected chi connectivity index (χ4v) is 2.95. The van der Waals surface area contributed by atoms with Crippen LogP contribution in [0, 0.1) is 5.92 Å².